The van der Waals surface area contributed by atoms with Crippen LogP contribution in [0.25, 0.3) is 11.3 Å². The second kappa shape index (κ2) is 6.00. The smallest absolute Gasteiger partial charge is 0.417 e. The molecule has 0 saturated carbocycles. The minimum Gasteiger partial charge on any atom is -0.462 e. The van der Waals surface area contributed by atoms with E-state index in [-0.39, 0.29) is 28.6 Å². The first-order valence-electron chi connectivity index (χ1n) is 6.26. The van der Waals surface area contributed by atoms with E-state index in [1.165, 1.54) is 19.1 Å². The Hall–Kier alpha value is -2.02. The molecule has 0 aliphatic rings. The van der Waals surface area contributed by atoms with Crippen molar-refractivity contribution in [2.24, 2.45) is 0 Å². The van der Waals surface area contributed by atoms with Gasteiger partial charge in [0.25, 0.3) is 0 Å². The lowest BCUT2D eigenvalue weighted by atomic mass is 10.00. The molecule has 0 fully saturated rings. The van der Waals surface area contributed by atoms with E-state index in [0.29, 0.717) is 0 Å². The van der Waals surface area contributed by atoms with Gasteiger partial charge in [0.05, 0.1) is 17.2 Å². The molecule has 0 spiro atoms. The molecule has 4 nitrogen and oxygen atoms in total. The fourth-order valence-electron chi connectivity index (χ4n) is 1.99. The molecule has 8 heteroatoms. The maximum Gasteiger partial charge on any atom is 0.417 e. The van der Waals surface area contributed by atoms with Crippen LogP contribution in [0.1, 0.15) is 28.6 Å². The molecule has 0 radical (unpaired) electrons. The highest BCUT2D eigenvalue weighted by atomic mass is 35.5. The van der Waals surface area contributed by atoms with Gasteiger partial charge in [0, 0.05) is 5.56 Å². The number of esters is 1. The van der Waals surface area contributed by atoms with E-state index >= 15 is 0 Å². The summed E-state index contributed by atoms with van der Waals surface area (Å²) in [6, 6.07) is 3.32. The van der Waals surface area contributed by atoms with Crippen LogP contribution in [-0.4, -0.2) is 17.7 Å². The van der Waals surface area contributed by atoms with Crippen molar-refractivity contribution >= 4 is 17.6 Å². The Morgan fingerprint density at radius 2 is 2.09 bits per heavy atom. The minimum absolute atomic E-state index is 0.0569. The Morgan fingerprint density at radius 3 is 2.68 bits per heavy atom. The Kier molecular flexibility index (Phi) is 4.46. The number of hydrogen-bond donors (Lipinski definition) is 0. The highest BCUT2D eigenvalue weighted by Gasteiger charge is 2.37. The zero-order valence-corrected chi connectivity index (χ0v) is 12.4. The highest BCUT2D eigenvalue weighted by Crippen LogP contribution is 2.42. The summed E-state index contributed by atoms with van der Waals surface area (Å²) in [7, 11) is 0. The number of alkyl halides is 3. The van der Waals surface area contributed by atoms with E-state index in [0.717, 1.165) is 6.07 Å². The molecule has 118 valence electrons. The summed E-state index contributed by atoms with van der Waals surface area (Å²) in [6.45, 7) is 3.06. The van der Waals surface area contributed by atoms with Crippen LogP contribution in [0.2, 0.25) is 5.02 Å². The van der Waals surface area contributed by atoms with Crippen molar-refractivity contribution in [3.63, 3.8) is 0 Å². The quantitative estimate of drug-likeness (QED) is 0.776. The van der Waals surface area contributed by atoms with Gasteiger partial charge in [-0.15, -0.1) is 0 Å². The molecular formula is C14H11ClF3NO3. The van der Waals surface area contributed by atoms with Crippen LogP contribution < -0.4 is 0 Å². The van der Waals surface area contributed by atoms with Crippen LogP contribution in [0.5, 0.6) is 0 Å². The summed E-state index contributed by atoms with van der Waals surface area (Å²) in [5.41, 5.74) is -1.86. The standard InChI is InChI=1S/C14H11ClF3NO3/c1-3-21-13(20)10-7(2)22-19-12(10)11-8(14(16,17)18)5-4-6-9(11)15/h4-6H,3H2,1-2H3. The first-order valence-corrected chi connectivity index (χ1v) is 6.64. The molecule has 1 aromatic carbocycles. The fraction of sp³-hybridized carbons (Fsp3) is 0.286. The first-order chi connectivity index (χ1) is 10.3. The predicted octanol–water partition coefficient (Wildman–Crippen LogP) is 4.50. The molecule has 2 aromatic rings. The zero-order valence-electron chi connectivity index (χ0n) is 11.6. The van der Waals surface area contributed by atoms with Crippen LogP contribution >= 0.6 is 11.6 Å². The molecule has 1 heterocycles. The van der Waals surface area contributed by atoms with Crippen molar-refractivity contribution in [3.8, 4) is 11.3 Å². The van der Waals surface area contributed by atoms with Gasteiger partial charge in [-0.05, 0) is 26.0 Å². The molecule has 0 saturated heterocycles. The zero-order chi connectivity index (χ0) is 16.5. The molecule has 0 aliphatic heterocycles. The molecule has 0 atom stereocenters. The van der Waals surface area contributed by atoms with E-state index in [1.807, 2.05) is 0 Å². The van der Waals surface area contributed by atoms with Gasteiger partial charge in [-0.1, -0.05) is 22.8 Å². The fourth-order valence-corrected chi connectivity index (χ4v) is 2.25. The summed E-state index contributed by atoms with van der Waals surface area (Å²) in [5.74, 6) is -0.759. The van der Waals surface area contributed by atoms with Gasteiger partial charge in [-0.25, -0.2) is 4.79 Å². The molecule has 0 bridgehead atoms. The van der Waals surface area contributed by atoms with Gasteiger partial charge < -0.3 is 9.26 Å². The van der Waals surface area contributed by atoms with E-state index < -0.39 is 23.3 Å². The van der Waals surface area contributed by atoms with E-state index in [1.54, 1.807) is 6.92 Å². The van der Waals surface area contributed by atoms with Crippen molar-refractivity contribution in [3.05, 3.63) is 40.1 Å². The van der Waals surface area contributed by atoms with Crippen molar-refractivity contribution in [1.82, 2.24) is 5.16 Å². The average Bonchev–Trinajstić information content (AvgIpc) is 2.79. The van der Waals surface area contributed by atoms with E-state index in [2.05, 4.69) is 5.16 Å². The van der Waals surface area contributed by atoms with Crippen molar-refractivity contribution in [2.45, 2.75) is 20.0 Å². The monoisotopic (exact) mass is 333 g/mol. The molecule has 0 aliphatic carbocycles. The normalized spacial score (nSPS) is 11.5. The van der Waals surface area contributed by atoms with Crippen molar-refractivity contribution in [2.75, 3.05) is 6.61 Å². The lowest BCUT2D eigenvalue weighted by molar-refractivity contribution is -0.137. The maximum absolute atomic E-state index is 13.2. The van der Waals surface area contributed by atoms with Crippen LogP contribution in [0.4, 0.5) is 13.2 Å². The van der Waals surface area contributed by atoms with Crippen molar-refractivity contribution in [1.29, 1.82) is 0 Å². The second-order valence-corrected chi connectivity index (χ2v) is 4.75. The van der Waals surface area contributed by atoms with Gasteiger partial charge >= 0.3 is 12.1 Å². The molecular weight excluding hydrogens is 323 g/mol. The lowest BCUT2D eigenvalue weighted by Gasteiger charge is -2.13. The number of rotatable bonds is 3. The summed E-state index contributed by atoms with van der Waals surface area (Å²) in [4.78, 5) is 11.9. The Bertz CT molecular complexity index is 710. The van der Waals surface area contributed by atoms with Crippen LogP contribution in [0.15, 0.2) is 22.7 Å². The number of aromatic nitrogens is 1. The largest absolute Gasteiger partial charge is 0.462 e. The van der Waals surface area contributed by atoms with E-state index in [9.17, 15) is 18.0 Å². The maximum atomic E-state index is 13.2. The Morgan fingerprint density at radius 1 is 1.41 bits per heavy atom. The molecule has 2 rings (SSSR count). The number of aryl methyl sites for hydroxylation is 1. The Labute approximate surface area is 128 Å². The van der Waals surface area contributed by atoms with E-state index in [4.69, 9.17) is 20.9 Å². The van der Waals surface area contributed by atoms with Gasteiger partial charge in [0.15, 0.2) is 0 Å². The number of carbonyl (C=O) groups is 1. The number of ether oxygens (including phenoxy) is 1. The van der Waals surface area contributed by atoms with Gasteiger partial charge in [-0.3, -0.25) is 0 Å². The molecule has 0 unspecified atom stereocenters. The highest BCUT2D eigenvalue weighted by molar-refractivity contribution is 6.33. The third kappa shape index (κ3) is 2.94. The first kappa shape index (κ1) is 16.4. The number of benzene rings is 1. The topological polar surface area (TPSA) is 52.3 Å². The molecule has 1 aromatic heterocycles. The lowest BCUT2D eigenvalue weighted by Crippen LogP contribution is -2.11. The van der Waals surface area contributed by atoms with Gasteiger partial charge in [0.2, 0.25) is 0 Å². The predicted molar refractivity (Wildman–Crippen MR) is 72.6 cm³/mol. The summed E-state index contributed by atoms with van der Waals surface area (Å²) >= 11 is 5.90. The summed E-state index contributed by atoms with van der Waals surface area (Å²) in [5, 5.41) is 3.38. The second-order valence-electron chi connectivity index (χ2n) is 4.34. The molecule has 0 amide bonds. The molecule has 0 N–H and O–H groups in total. The minimum atomic E-state index is -4.65. The third-order valence-corrected chi connectivity index (χ3v) is 3.21. The summed E-state index contributed by atoms with van der Waals surface area (Å²) < 4.78 is 49.2. The van der Waals surface area contributed by atoms with Gasteiger partial charge in [0.1, 0.15) is 17.0 Å². The number of hydrogen-bond acceptors (Lipinski definition) is 4. The average molecular weight is 334 g/mol. The number of nitrogens with zero attached hydrogens (tertiary/aromatic N) is 1. The summed E-state index contributed by atoms with van der Waals surface area (Å²) in [6.07, 6.45) is -4.65. The van der Waals surface area contributed by atoms with Crippen molar-refractivity contribution < 1.29 is 27.2 Å². The van der Waals surface area contributed by atoms with Gasteiger partial charge in [-0.2, -0.15) is 13.2 Å². The SMILES string of the molecule is CCOC(=O)c1c(-c2c(Cl)cccc2C(F)(F)F)noc1C. The van der Waals surface area contributed by atoms with Crippen LogP contribution in [-0.2, 0) is 10.9 Å². The Balaban J connectivity index is 2.71. The number of carbonyl (C=O) groups excluding carboxylic acids is 1. The van der Waals surface area contributed by atoms with Crippen LogP contribution in [0, 0.1) is 6.92 Å². The van der Waals surface area contributed by atoms with Crippen LogP contribution in [0.3, 0.4) is 0 Å². The number of halogens is 4. The molecule has 22 heavy (non-hydrogen) atoms. The third-order valence-electron chi connectivity index (χ3n) is 2.90.